The molecule has 2 N–H and O–H groups in total. The first-order chi connectivity index (χ1) is 7.02. The van der Waals surface area contributed by atoms with Gasteiger partial charge in [0.1, 0.15) is 0 Å². The van der Waals surface area contributed by atoms with Crippen molar-refractivity contribution in [1.82, 2.24) is 10.2 Å². The van der Waals surface area contributed by atoms with E-state index in [0.29, 0.717) is 13.1 Å². The molecule has 0 aromatic heterocycles. The lowest BCUT2D eigenvalue weighted by molar-refractivity contribution is -0.139. The summed E-state index contributed by atoms with van der Waals surface area (Å²) in [5.41, 5.74) is 0. The normalized spacial score (nSPS) is 17.8. The van der Waals surface area contributed by atoms with Crippen LogP contribution in [0.15, 0.2) is 12.7 Å². The Morgan fingerprint density at radius 3 is 2.73 bits per heavy atom. The molecule has 2 amide bonds. The van der Waals surface area contributed by atoms with Crippen molar-refractivity contribution < 1.29 is 14.7 Å². The van der Waals surface area contributed by atoms with Crippen molar-refractivity contribution in [1.29, 1.82) is 0 Å². The standard InChI is InChI=1S/C10H16N2O3/c1-3-7(2)11-10(15)12-5-8(6-12)4-9(13)14/h3,7-8H,1,4-6H2,2H3,(H,11,15)(H,13,14). The van der Waals surface area contributed by atoms with E-state index < -0.39 is 5.97 Å². The summed E-state index contributed by atoms with van der Waals surface area (Å²) in [5.74, 6) is -0.702. The molecule has 1 aliphatic heterocycles. The zero-order chi connectivity index (χ0) is 11.4. The van der Waals surface area contributed by atoms with Crippen LogP contribution < -0.4 is 5.32 Å². The zero-order valence-electron chi connectivity index (χ0n) is 8.77. The highest BCUT2D eigenvalue weighted by Crippen LogP contribution is 2.18. The van der Waals surface area contributed by atoms with Gasteiger partial charge < -0.3 is 15.3 Å². The fourth-order valence-electron chi connectivity index (χ4n) is 1.46. The molecule has 1 rings (SSSR count). The number of urea groups is 1. The second-order valence-electron chi connectivity index (χ2n) is 3.84. The van der Waals surface area contributed by atoms with Gasteiger partial charge in [-0.3, -0.25) is 4.79 Å². The summed E-state index contributed by atoms with van der Waals surface area (Å²) in [6.45, 7) is 6.45. The number of rotatable bonds is 4. The third-order valence-corrected chi connectivity index (χ3v) is 2.41. The molecule has 1 aliphatic rings. The molecule has 0 bridgehead atoms. The number of carboxylic acids is 1. The summed E-state index contributed by atoms with van der Waals surface area (Å²) in [6, 6.07) is -0.208. The first-order valence-corrected chi connectivity index (χ1v) is 4.92. The van der Waals surface area contributed by atoms with E-state index in [0.717, 1.165) is 0 Å². The smallest absolute Gasteiger partial charge is 0.317 e. The lowest BCUT2D eigenvalue weighted by Crippen LogP contribution is -2.55. The number of carbonyl (C=O) groups is 2. The first kappa shape index (κ1) is 11.6. The molecule has 1 atom stereocenters. The van der Waals surface area contributed by atoms with E-state index in [1.54, 1.807) is 11.0 Å². The molecule has 1 heterocycles. The maximum absolute atomic E-state index is 11.4. The summed E-state index contributed by atoms with van der Waals surface area (Å²) in [4.78, 5) is 23.4. The predicted molar refractivity (Wildman–Crippen MR) is 55.5 cm³/mol. The van der Waals surface area contributed by atoms with Gasteiger partial charge in [0.2, 0.25) is 0 Å². The number of carboxylic acid groups (broad SMARTS) is 1. The number of hydrogen-bond acceptors (Lipinski definition) is 2. The Kier molecular flexibility index (Phi) is 3.71. The van der Waals surface area contributed by atoms with Gasteiger partial charge in [-0.2, -0.15) is 0 Å². The van der Waals surface area contributed by atoms with Crippen molar-refractivity contribution in [3.05, 3.63) is 12.7 Å². The van der Waals surface area contributed by atoms with Crippen LogP contribution in [0.1, 0.15) is 13.3 Å². The van der Waals surface area contributed by atoms with E-state index in [1.807, 2.05) is 6.92 Å². The quantitative estimate of drug-likeness (QED) is 0.673. The minimum Gasteiger partial charge on any atom is -0.481 e. The molecule has 0 saturated carbocycles. The molecular formula is C10H16N2O3. The zero-order valence-corrected chi connectivity index (χ0v) is 8.77. The number of nitrogens with zero attached hydrogens (tertiary/aromatic N) is 1. The van der Waals surface area contributed by atoms with Gasteiger partial charge in [0.25, 0.3) is 0 Å². The van der Waals surface area contributed by atoms with E-state index in [-0.39, 0.29) is 24.4 Å². The molecule has 1 saturated heterocycles. The summed E-state index contributed by atoms with van der Waals surface area (Å²) in [5, 5.41) is 11.3. The van der Waals surface area contributed by atoms with Gasteiger partial charge >= 0.3 is 12.0 Å². The van der Waals surface area contributed by atoms with Crippen LogP contribution in [-0.2, 0) is 4.79 Å². The van der Waals surface area contributed by atoms with Crippen LogP contribution in [-0.4, -0.2) is 41.1 Å². The minimum absolute atomic E-state index is 0.0592. The van der Waals surface area contributed by atoms with Gasteiger partial charge in [-0.25, -0.2) is 4.79 Å². The number of aliphatic carboxylic acids is 1. The van der Waals surface area contributed by atoms with E-state index in [1.165, 1.54) is 0 Å². The molecule has 0 aromatic carbocycles. The largest absolute Gasteiger partial charge is 0.481 e. The Balaban J connectivity index is 2.23. The van der Waals surface area contributed by atoms with Crippen molar-refractivity contribution in [2.75, 3.05) is 13.1 Å². The monoisotopic (exact) mass is 212 g/mol. The molecule has 84 valence electrons. The minimum atomic E-state index is -0.806. The summed E-state index contributed by atoms with van der Waals surface area (Å²) >= 11 is 0. The van der Waals surface area contributed by atoms with Crippen molar-refractivity contribution in [2.45, 2.75) is 19.4 Å². The number of amides is 2. The Hall–Kier alpha value is -1.52. The predicted octanol–water partition coefficient (Wildman–Crippen LogP) is 0.677. The maximum atomic E-state index is 11.4. The van der Waals surface area contributed by atoms with E-state index in [4.69, 9.17) is 5.11 Å². The molecule has 0 aliphatic carbocycles. The summed E-state index contributed by atoms with van der Waals surface area (Å²) in [6.07, 6.45) is 1.78. The fraction of sp³-hybridized carbons (Fsp3) is 0.600. The molecule has 0 spiro atoms. The lowest BCUT2D eigenvalue weighted by atomic mass is 9.97. The molecule has 5 nitrogen and oxygen atoms in total. The third kappa shape index (κ3) is 3.27. The van der Waals surface area contributed by atoms with Crippen molar-refractivity contribution in [3.63, 3.8) is 0 Å². The Bertz CT molecular complexity index is 272. The SMILES string of the molecule is C=CC(C)NC(=O)N1CC(CC(=O)O)C1. The highest BCUT2D eigenvalue weighted by Gasteiger charge is 2.32. The fourth-order valence-corrected chi connectivity index (χ4v) is 1.46. The van der Waals surface area contributed by atoms with E-state index >= 15 is 0 Å². The van der Waals surface area contributed by atoms with Crippen LogP contribution in [0.5, 0.6) is 0 Å². The molecule has 0 radical (unpaired) electrons. The highest BCUT2D eigenvalue weighted by atomic mass is 16.4. The van der Waals surface area contributed by atoms with Gasteiger partial charge in [-0.15, -0.1) is 6.58 Å². The number of carbonyl (C=O) groups excluding carboxylic acids is 1. The third-order valence-electron chi connectivity index (χ3n) is 2.41. The van der Waals surface area contributed by atoms with Crippen LogP contribution in [0.2, 0.25) is 0 Å². The van der Waals surface area contributed by atoms with Crippen molar-refractivity contribution >= 4 is 12.0 Å². The summed E-state index contributed by atoms with van der Waals surface area (Å²) in [7, 11) is 0. The topological polar surface area (TPSA) is 69.6 Å². The first-order valence-electron chi connectivity index (χ1n) is 4.92. The van der Waals surface area contributed by atoms with Crippen LogP contribution in [0, 0.1) is 5.92 Å². The second-order valence-corrected chi connectivity index (χ2v) is 3.84. The van der Waals surface area contributed by atoms with Crippen LogP contribution >= 0.6 is 0 Å². The van der Waals surface area contributed by atoms with Gasteiger partial charge in [0, 0.05) is 25.0 Å². The lowest BCUT2D eigenvalue weighted by Gasteiger charge is -2.38. The summed E-state index contributed by atoms with van der Waals surface area (Å²) < 4.78 is 0. The number of nitrogens with one attached hydrogen (secondary N) is 1. The van der Waals surface area contributed by atoms with E-state index in [9.17, 15) is 9.59 Å². The molecule has 1 fully saturated rings. The van der Waals surface area contributed by atoms with Crippen molar-refractivity contribution in [3.8, 4) is 0 Å². The van der Waals surface area contributed by atoms with Crippen LogP contribution in [0.25, 0.3) is 0 Å². The van der Waals surface area contributed by atoms with Crippen LogP contribution in [0.3, 0.4) is 0 Å². The average molecular weight is 212 g/mol. The second kappa shape index (κ2) is 4.82. The van der Waals surface area contributed by atoms with Gasteiger partial charge in [0.05, 0.1) is 6.42 Å². The Labute approximate surface area is 88.8 Å². The average Bonchev–Trinajstić information content (AvgIpc) is 2.09. The molecule has 1 unspecified atom stereocenters. The molecule has 15 heavy (non-hydrogen) atoms. The van der Waals surface area contributed by atoms with Gasteiger partial charge in [0.15, 0.2) is 0 Å². The maximum Gasteiger partial charge on any atom is 0.317 e. The Morgan fingerprint density at radius 2 is 2.27 bits per heavy atom. The molecular weight excluding hydrogens is 196 g/mol. The number of hydrogen-bond donors (Lipinski definition) is 2. The number of likely N-dealkylation sites (tertiary alicyclic amines) is 1. The molecule has 0 aromatic rings. The highest BCUT2D eigenvalue weighted by molar-refractivity contribution is 5.76. The van der Waals surface area contributed by atoms with Gasteiger partial charge in [-0.05, 0) is 6.92 Å². The van der Waals surface area contributed by atoms with Crippen molar-refractivity contribution in [2.24, 2.45) is 5.92 Å². The van der Waals surface area contributed by atoms with E-state index in [2.05, 4.69) is 11.9 Å². The molecule has 5 heteroatoms. The van der Waals surface area contributed by atoms with Crippen LogP contribution in [0.4, 0.5) is 4.79 Å². The van der Waals surface area contributed by atoms with Gasteiger partial charge in [-0.1, -0.05) is 6.08 Å². The Morgan fingerprint density at radius 1 is 1.67 bits per heavy atom.